The molecule has 0 bridgehead atoms. The number of rotatable bonds is 2. The molecule has 88 valence electrons. The van der Waals surface area contributed by atoms with Gasteiger partial charge in [-0.1, -0.05) is 6.07 Å². The van der Waals surface area contributed by atoms with Crippen molar-refractivity contribution in [1.29, 1.82) is 0 Å². The average Bonchev–Trinajstić information content (AvgIpc) is 2.36. The summed E-state index contributed by atoms with van der Waals surface area (Å²) < 4.78 is 39.1. The summed E-state index contributed by atoms with van der Waals surface area (Å²) >= 11 is 0. The van der Waals surface area contributed by atoms with Gasteiger partial charge < -0.3 is 5.11 Å². The van der Waals surface area contributed by atoms with E-state index in [1.807, 2.05) is 0 Å². The molecule has 0 saturated heterocycles. The van der Waals surface area contributed by atoms with Crippen LogP contribution in [0.2, 0.25) is 0 Å². The second-order valence-electron chi connectivity index (χ2n) is 3.42. The van der Waals surface area contributed by atoms with E-state index in [0.717, 1.165) is 12.1 Å². The quantitative estimate of drug-likeness (QED) is 0.817. The lowest BCUT2D eigenvalue weighted by molar-refractivity contribution is 0.208. The van der Waals surface area contributed by atoms with Gasteiger partial charge in [0, 0.05) is 11.8 Å². The van der Waals surface area contributed by atoms with Crippen LogP contribution in [0.15, 0.2) is 36.5 Å². The first kappa shape index (κ1) is 11.6. The largest absolute Gasteiger partial charge is 0.382 e. The van der Waals surface area contributed by atoms with Crippen molar-refractivity contribution in [2.75, 3.05) is 0 Å². The highest BCUT2D eigenvalue weighted by atomic mass is 19.2. The zero-order valence-electron chi connectivity index (χ0n) is 8.57. The molecule has 0 amide bonds. The van der Waals surface area contributed by atoms with Crippen molar-refractivity contribution in [3.63, 3.8) is 0 Å². The molecule has 1 N–H and O–H groups in total. The maximum Gasteiger partial charge on any atom is 0.194 e. The highest BCUT2D eigenvalue weighted by Gasteiger charge is 2.20. The number of benzene rings is 1. The SMILES string of the molecule is OC(c1ccccn1)c1ccc(F)c(F)c1F. The van der Waals surface area contributed by atoms with Gasteiger partial charge in [-0.25, -0.2) is 13.2 Å². The number of aromatic nitrogens is 1. The number of hydrogen-bond acceptors (Lipinski definition) is 2. The van der Waals surface area contributed by atoms with Crippen LogP contribution < -0.4 is 0 Å². The van der Waals surface area contributed by atoms with Gasteiger partial charge in [-0.15, -0.1) is 0 Å². The zero-order valence-corrected chi connectivity index (χ0v) is 8.57. The summed E-state index contributed by atoms with van der Waals surface area (Å²) in [6.45, 7) is 0. The first-order valence-corrected chi connectivity index (χ1v) is 4.83. The number of aliphatic hydroxyl groups excluding tert-OH is 1. The lowest BCUT2D eigenvalue weighted by Gasteiger charge is -2.11. The molecule has 0 radical (unpaired) electrons. The standard InChI is InChI=1S/C12H8F3NO/c13-8-5-4-7(10(14)11(8)15)12(17)9-3-1-2-6-16-9/h1-6,12,17H. The minimum atomic E-state index is -1.60. The summed E-state index contributed by atoms with van der Waals surface area (Å²) in [5.74, 6) is -4.29. The number of pyridine rings is 1. The zero-order chi connectivity index (χ0) is 12.4. The van der Waals surface area contributed by atoms with Crippen LogP contribution in [0.25, 0.3) is 0 Å². The van der Waals surface area contributed by atoms with Crippen molar-refractivity contribution in [1.82, 2.24) is 4.98 Å². The van der Waals surface area contributed by atoms with Gasteiger partial charge in [-0.3, -0.25) is 4.98 Å². The van der Waals surface area contributed by atoms with Crippen LogP contribution in [0.5, 0.6) is 0 Å². The highest BCUT2D eigenvalue weighted by Crippen LogP contribution is 2.25. The summed E-state index contributed by atoms with van der Waals surface area (Å²) in [5.41, 5.74) is -0.181. The predicted molar refractivity (Wildman–Crippen MR) is 54.6 cm³/mol. The molecule has 0 fully saturated rings. The third kappa shape index (κ3) is 2.14. The third-order valence-corrected chi connectivity index (χ3v) is 2.33. The monoisotopic (exact) mass is 239 g/mol. The van der Waals surface area contributed by atoms with E-state index in [0.29, 0.717) is 0 Å². The van der Waals surface area contributed by atoms with Gasteiger partial charge in [0.05, 0.1) is 5.69 Å². The Bertz CT molecular complexity index is 531. The molecule has 1 unspecified atom stereocenters. The molecule has 2 aromatic rings. The molecule has 1 heterocycles. The molecule has 2 nitrogen and oxygen atoms in total. The van der Waals surface area contributed by atoms with Gasteiger partial charge >= 0.3 is 0 Å². The molecular weight excluding hydrogens is 231 g/mol. The van der Waals surface area contributed by atoms with Crippen LogP contribution in [0.1, 0.15) is 17.4 Å². The molecular formula is C12H8F3NO. The highest BCUT2D eigenvalue weighted by molar-refractivity contribution is 5.28. The lowest BCUT2D eigenvalue weighted by atomic mass is 10.1. The van der Waals surface area contributed by atoms with Crippen LogP contribution in [0, 0.1) is 17.5 Å². The first-order chi connectivity index (χ1) is 8.11. The first-order valence-electron chi connectivity index (χ1n) is 4.83. The Balaban J connectivity index is 2.45. The molecule has 0 aliphatic heterocycles. The van der Waals surface area contributed by atoms with E-state index in [4.69, 9.17) is 0 Å². The van der Waals surface area contributed by atoms with E-state index in [9.17, 15) is 18.3 Å². The number of nitrogens with zero attached hydrogens (tertiary/aromatic N) is 1. The third-order valence-electron chi connectivity index (χ3n) is 2.33. The van der Waals surface area contributed by atoms with Crippen LogP contribution in [0.3, 0.4) is 0 Å². The van der Waals surface area contributed by atoms with Crippen LogP contribution >= 0.6 is 0 Å². The number of hydrogen-bond donors (Lipinski definition) is 1. The average molecular weight is 239 g/mol. The Hall–Kier alpha value is -1.88. The minimum absolute atomic E-state index is 0.164. The molecule has 5 heteroatoms. The molecule has 1 aromatic carbocycles. The molecule has 2 rings (SSSR count). The van der Waals surface area contributed by atoms with Gasteiger partial charge in [-0.2, -0.15) is 0 Å². The molecule has 0 spiro atoms. The maximum absolute atomic E-state index is 13.4. The van der Waals surface area contributed by atoms with E-state index in [-0.39, 0.29) is 11.3 Å². The van der Waals surface area contributed by atoms with Gasteiger partial charge in [0.15, 0.2) is 17.5 Å². The Morgan fingerprint density at radius 1 is 1.00 bits per heavy atom. The molecule has 0 saturated carbocycles. The summed E-state index contributed by atoms with van der Waals surface area (Å²) in [7, 11) is 0. The Labute approximate surface area is 95.4 Å². The van der Waals surface area contributed by atoms with E-state index in [1.165, 1.54) is 12.3 Å². The summed E-state index contributed by atoms with van der Waals surface area (Å²) in [6.07, 6.45) is -0.0117. The molecule has 17 heavy (non-hydrogen) atoms. The Morgan fingerprint density at radius 2 is 1.76 bits per heavy atom. The van der Waals surface area contributed by atoms with Crippen molar-refractivity contribution in [2.45, 2.75) is 6.10 Å². The number of aliphatic hydroxyl groups is 1. The molecule has 0 aliphatic carbocycles. The minimum Gasteiger partial charge on any atom is -0.382 e. The van der Waals surface area contributed by atoms with E-state index in [2.05, 4.69) is 4.98 Å². The normalized spacial score (nSPS) is 12.5. The smallest absolute Gasteiger partial charge is 0.194 e. The summed E-state index contributed by atoms with van der Waals surface area (Å²) in [5, 5.41) is 9.80. The summed E-state index contributed by atoms with van der Waals surface area (Å²) in [4.78, 5) is 3.82. The van der Waals surface area contributed by atoms with Crippen molar-refractivity contribution in [3.8, 4) is 0 Å². The number of halogens is 3. The van der Waals surface area contributed by atoms with Gasteiger partial charge in [0.25, 0.3) is 0 Å². The van der Waals surface area contributed by atoms with Gasteiger partial charge in [0.2, 0.25) is 0 Å². The molecule has 1 atom stereocenters. The van der Waals surface area contributed by atoms with Gasteiger partial charge in [-0.05, 0) is 24.3 Å². The fourth-order valence-corrected chi connectivity index (χ4v) is 1.45. The Morgan fingerprint density at radius 3 is 2.41 bits per heavy atom. The van der Waals surface area contributed by atoms with Crippen molar-refractivity contribution in [3.05, 3.63) is 65.2 Å². The molecule has 0 aliphatic rings. The Kier molecular flexibility index (Phi) is 3.10. The maximum atomic E-state index is 13.4. The van der Waals surface area contributed by atoms with Crippen LogP contribution in [0.4, 0.5) is 13.2 Å². The second kappa shape index (κ2) is 4.55. The predicted octanol–water partition coefficient (Wildman–Crippen LogP) is 2.58. The van der Waals surface area contributed by atoms with Crippen molar-refractivity contribution < 1.29 is 18.3 Å². The van der Waals surface area contributed by atoms with Crippen molar-refractivity contribution >= 4 is 0 Å². The summed E-state index contributed by atoms with van der Waals surface area (Å²) in [6, 6.07) is 6.44. The van der Waals surface area contributed by atoms with E-state index < -0.39 is 23.6 Å². The van der Waals surface area contributed by atoms with E-state index in [1.54, 1.807) is 12.1 Å². The second-order valence-corrected chi connectivity index (χ2v) is 3.42. The van der Waals surface area contributed by atoms with Crippen LogP contribution in [-0.2, 0) is 0 Å². The van der Waals surface area contributed by atoms with Gasteiger partial charge in [0.1, 0.15) is 6.10 Å². The lowest BCUT2D eigenvalue weighted by Crippen LogP contribution is -2.07. The van der Waals surface area contributed by atoms with Crippen molar-refractivity contribution in [2.24, 2.45) is 0 Å². The van der Waals surface area contributed by atoms with Crippen LogP contribution in [-0.4, -0.2) is 10.1 Å². The van der Waals surface area contributed by atoms with E-state index >= 15 is 0 Å². The fourth-order valence-electron chi connectivity index (χ4n) is 1.45. The fraction of sp³-hybridized carbons (Fsp3) is 0.0833. The topological polar surface area (TPSA) is 33.1 Å². The molecule has 1 aromatic heterocycles.